The van der Waals surface area contributed by atoms with Crippen LogP contribution in [0.1, 0.15) is 52.1 Å². The molecule has 0 bridgehead atoms. The molecule has 106 valence electrons. The predicted octanol–water partition coefficient (Wildman–Crippen LogP) is 2.18. The highest BCUT2D eigenvalue weighted by molar-refractivity contribution is 5.03. The maximum Gasteiger partial charge on any atom is 0.125 e. The maximum absolute atomic E-state index is 4.44. The van der Waals surface area contributed by atoms with E-state index < -0.39 is 0 Å². The van der Waals surface area contributed by atoms with Crippen molar-refractivity contribution in [2.45, 2.75) is 71.1 Å². The second-order valence-electron chi connectivity index (χ2n) is 6.97. The van der Waals surface area contributed by atoms with E-state index >= 15 is 0 Å². The molecule has 4 heteroatoms. The number of nitrogens with one attached hydrogen (secondary N) is 2. The molecule has 4 nitrogen and oxygen atoms in total. The molecule has 0 saturated carbocycles. The minimum absolute atomic E-state index is 0.182. The summed E-state index contributed by atoms with van der Waals surface area (Å²) in [5.41, 5.74) is 1.43. The smallest absolute Gasteiger partial charge is 0.125 e. The lowest BCUT2D eigenvalue weighted by atomic mass is 9.79. The topological polar surface area (TPSA) is 49.8 Å². The van der Waals surface area contributed by atoms with Gasteiger partial charge in [-0.1, -0.05) is 0 Å². The number of rotatable bonds is 3. The van der Waals surface area contributed by atoms with Crippen LogP contribution < -0.4 is 10.6 Å². The molecule has 1 fully saturated rings. The van der Waals surface area contributed by atoms with Crippen molar-refractivity contribution >= 4 is 0 Å². The van der Waals surface area contributed by atoms with Gasteiger partial charge < -0.3 is 10.6 Å². The second-order valence-corrected chi connectivity index (χ2v) is 6.97. The van der Waals surface area contributed by atoms with Crippen LogP contribution in [0.2, 0.25) is 0 Å². The Morgan fingerprint density at radius 3 is 2.47 bits per heavy atom. The van der Waals surface area contributed by atoms with Crippen LogP contribution in [-0.4, -0.2) is 27.1 Å². The molecule has 0 aliphatic carbocycles. The van der Waals surface area contributed by atoms with Gasteiger partial charge in [-0.25, -0.2) is 9.97 Å². The normalized spacial score (nSPS) is 22.4. The third-order valence-corrected chi connectivity index (χ3v) is 3.60. The molecule has 0 atom stereocenters. The highest BCUT2D eigenvalue weighted by atomic mass is 15.1. The molecule has 0 unspecified atom stereocenters. The molecular weight excluding hydrogens is 236 g/mol. The predicted molar refractivity (Wildman–Crippen MR) is 77.9 cm³/mol. The van der Waals surface area contributed by atoms with Gasteiger partial charge in [0.1, 0.15) is 5.82 Å². The van der Waals surface area contributed by atoms with Gasteiger partial charge in [0.15, 0.2) is 0 Å². The zero-order valence-electron chi connectivity index (χ0n) is 12.7. The maximum atomic E-state index is 4.44. The van der Waals surface area contributed by atoms with Crippen molar-refractivity contribution in [3.63, 3.8) is 0 Å². The van der Waals surface area contributed by atoms with Crippen LogP contribution in [0.15, 0.2) is 12.3 Å². The van der Waals surface area contributed by atoms with E-state index in [0.29, 0.717) is 6.04 Å². The fourth-order valence-corrected chi connectivity index (χ4v) is 3.32. The molecule has 2 N–H and O–H groups in total. The highest BCUT2D eigenvalue weighted by Crippen LogP contribution is 2.28. The summed E-state index contributed by atoms with van der Waals surface area (Å²) in [6.07, 6.45) is 4.11. The van der Waals surface area contributed by atoms with Crippen LogP contribution in [0.4, 0.5) is 0 Å². The lowest BCUT2D eigenvalue weighted by Gasteiger charge is -2.46. The minimum atomic E-state index is 0.182. The monoisotopic (exact) mass is 262 g/mol. The fourth-order valence-electron chi connectivity index (χ4n) is 3.32. The number of aryl methyl sites for hydroxylation is 1. The van der Waals surface area contributed by atoms with Crippen molar-refractivity contribution in [1.82, 2.24) is 20.6 Å². The first-order valence-electron chi connectivity index (χ1n) is 7.07. The SMILES string of the molecule is Cc1nccc(CNC2CC(C)(C)NC(C)(C)C2)n1. The first-order valence-corrected chi connectivity index (χ1v) is 7.07. The van der Waals surface area contributed by atoms with Gasteiger partial charge in [-0.15, -0.1) is 0 Å². The zero-order valence-corrected chi connectivity index (χ0v) is 12.7. The molecule has 0 spiro atoms. The number of aromatic nitrogens is 2. The molecule has 1 aromatic rings. The first-order chi connectivity index (χ1) is 8.76. The summed E-state index contributed by atoms with van der Waals surface area (Å²) < 4.78 is 0. The Kier molecular flexibility index (Phi) is 3.92. The van der Waals surface area contributed by atoms with Gasteiger partial charge in [-0.05, 0) is 53.5 Å². The van der Waals surface area contributed by atoms with Crippen LogP contribution in [0.25, 0.3) is 0 Å². The summed E-state index contributed by atoms with van der Waals surface area (Å²) in [4.78, 5) is 8.57. The summed E-state index contributed by atoms with van der Waals surface area (Å²) >= 11 is 0. The van der Waals surface area contributed by atoms with Crippen molar-refractivity contribution in [2.24, 2.45) is 0 Å². The summed E-state index contributed by atoms with van der Waals surface area (Å²) in [5, 5.41) is 7.35. The molecule has 19 heavy (non-hydrogen) atoms. The Balaban J connectivity index is 1.96. The molecule has 1 aromatic heterocycles. The van der Waals surface area contributed by atoms with E-state index in [4.69, 9.17) is 0 Å². The van der Waals surface area contributed by atoms with Crippen molar-refractivity contribution < 1.29 is 0 Å². The van der Waals surface area contributed by atoms with Crippen molar-refractivity contribution in [2.75, 3.05) is 0 Å². The first kappa shape index (κ1) is 14.4. The average molecular weight is 262 g/mol. The van der Waals surface area contributed by atoms with E-state index in [9.17, 15) is 0 Å². The molecule has 1 aliphatic heterocycles. The molecule has 0 amide bonds. The van der Waals surface area contributed by atoms with Gasteiger partial charge in [0.25, 0.3) is 0 Å². The van der Waals surface area contributed by atoms with E-state index in [2.05, 4.69) is 48.3 Å². The van der Waals surface area contributed by atoms with E-state index in [1.807, 2.05) is 19.2 Å². The van der Waals surface area contributed by atoms with E-state index in [1.165, 1.54) is 0 Å². The molecular formula is C15H26N4. The molecule has 2 rings (SSSR count). The van der Waals surface area contributed by atoms with Gasteiger partial charge in [-0.3, -0.25) is 0 Å². The van der Waals surface area contributed by atoms with E-state index in [-0.39, 0.29) is 11.1 Å². The van der Waals surface area contributed by atoms with Crippen LogP contribution in [0, 0.1) is 6.92 Å². The minimum Gasteiger partial charge on any atom is -0.308 e. The standard InChI is InChI=1S/C15H26N4/c1-11-16-7-6-12(18-11)10-17-13-8-14(2,3)19-15(4,5)9-13/h6-7,13,17,19H,8-10H2,1-5H3. The molecule has 2 heterocycles. The van der Waals surface area contributed by atoms with Crippen molar-refractivity contribution in [3.8, 4) is 0 Å². The van der Waals surface area contributed by atoms with E-state index in [0.717, 1.165) is 30.9 Å². The summed E-state index contributed by atoms with van der Waals surface area (Å²) in [6, 6.07) is 2.51. The van der Waals surface area contributed by atoms with Crippen LogP contribution in [-0.2, 0) is 6.54 Å². The van der Waals surface area contributed by atoms with Crippen molar-refractivity contribution in [3.05, 3.63) is 23.8 Å². The Bertz CT molecular complexity index is 424. The zero-order chi connectivity index (χ0) is 14.1. The lowest BCUT2D eigenvalue weighted by molar-refractivity contribution is 0.145. The lowest BCUT2D eigenvalue weighted by Crippen LogP contribution is -2.61. The van der Waals surface area contributed by atoms with Gasteiger partial charge in [-0.2, -0.15) is 0 Å². The summed E-state index contributed by atoms with van der Waals surface area (Å²) in [6.45, 7) is 11.9. The van der Waals surface area contributed by atoms with Gasteiger partial charge in [0.2, 0.25) is 0 Å². The van der Waals surface area contributed by atoms with Crippen LogP contribution in [0.5, 0.6) is 0 Å². The molecule has 0 radical (unpaired) electrons. The summed E-state index contributed by atoms with van der Waals surface area (Å²) in [5.74, 6) is 0.838. The fraction of sp³-hybridized carbons (Fsp3) is 0.733. The van der Waals surface area contributed by atoms with Gasteiger partial charge in [0, 0.05) is 29.9 Å². The Labute approximate surface area is 116 Å². The Morgan fingerprint density at radius 2 is 1.89 bits per heavy atom. The number of nitrogens with zero attached hydrogens (tertiary/aromatic N) is 2. The number of hydrogen-bond donors (Lipinski definition) is 2. The summed E-state index contributed by atoms with van der Waals surface area (Å²) in [7, 11) is 0. The Hall–Kier alpha value is -1.00. The van der Waals surface area contributed by atoms with Gasteiger partial charge in [0.05, 0.1) is 5.69 Å². The van der Waals surface area contributed by atoms with Crippen LogP contribution in [0.3, 0.4) is 0 Å². The third kappa shape index (κ3) is 4.25. The highest BCUT2D eigenvalue weighted by Gasteiger charge is 2.37. The molecule has 0 aromatic carbocycles. The molecule has 1 aliphatic rings. The van der Waals surface area contributed by atoms with Crippen LogP contribution >= 0.6 is 0 Å². The third-order valence-electron chi connectivity index (χ3n) is 3.60. The number of hydrogen-bond acceptors (Lipinski definition) is 4. The largest absolute Gasteiger partial charge is 0.308 e. The Morgan fingerprint density at radius 1 is 1.26 bits per heavy atom. The molecule has 1 saturated heterocycles. The quantitative estimate of drug-likeness (QED) is 0.876. The average Bonchev–Trinajstić information content (AvgIpc) is 2.22. The van der Waals surface area contributed by atoms with E-state index in [1.54, 1.807) is 0 Å². The van der Waals surface area contributed by atoms with Gasteiger partial charge >= 0.3 is 0 Å². The second kappa shape index (κ2) is 5.17. The number of piperidine rings is 1. The van der Waals surface area contributed by atoms with Crippen molar-refractivity contribution in [1.29, 1.82) is 0 Å².